The Bertz CT molecular complexity index is 1180. The molecule has 1 fully saturated rings. The molecule has 6 nitrogen and oxygen atoms in total. The summed E-state index contributed by atoms with van der Waals surface area (Å²) in [4.78, 5) is 12.4. The molecule has 0 radical (unpaired) electrons. The van der Waals surface area contributed by atoms with Crippen molar-refractivity contribution in [3.63, 3.8) is 0 Å². The summed E-state index contributed by atoms with van der Waals surface area (Å²) < 4.78 is 18.0. The van der Waals surface area contributed by atoms with Crippen LogP contribution in [0.1, 0.15) is 38.8 Å². The topological polar surface area (TPSA) is 68.8 Å². The molecular formula is C29H33BN2O4. The molecule has 36 heavy (non-hydrogen) atoms. The van der Waals surface area contributed by atoms with Crippen LogP contribution in [0.4, 0.5) is 16.2 Å². The van der Waals surface area contributed by atoms with Crippen molar-refractivity contribution < 1.29 is 18.8 Å². The van der Waals surface area contributed by atoms with Gasteiger partial charge in [0, 0.05) is 17.9 Å². The third kappa shape index (κ3) is 6.56. The molecule has 0 aliphatic carbocycles. The summed E-state index contributed by atoms with van der Waals surface area (Å²) in [5.41, 5.74) is 3.65. The lowest BCUT2D eigenvalue weighted by Gasteiger charge is -2.32. The smallest absolute Gasteiger partial charge is 0.445 e. The standard InChI is InChI=1S/C29H33BN2O4/c1-28(2)29(3,4)36-30(35-28)24(20-31-27(33)34-21-22-12-7-5-8-13-22)18-23-14-11-17-26(19-23)32-25-15-9-6-10-16-25/h5-19,32H,20-21H2,1-4H3,(H,31,33). The number of hydrogen-bond acceptors (Lipinski definition) is 5. The van der Waals surface area contributed by atoms with Gasteiger partial charge in [-0.2, -0.15) is 0 Å². The Morgan fingerprint density at radius 3 is 2.14 bits per heavy atom. The molecule has 7 heteroatoms. The van der Waals surface area contributed by atoms with Gasteiger partial charge in [0.2, 0.25) is 0 Å². The second kappa shape index (κ2) is 11.0. The zero-order valence-electron chi connectivity index (χ0n) is 21.3. The molecule has 0 saturated carbocycles. The van der Waals surface area contributed by atoms with Gasteiger partial charge >= 0.3 is 13.2 Å². The van der Waals surface area contributed by atoms with Crippen LogP contribution in [0.15, 0.2) is 90.4 Å². The molecule has 186 valence electrons. The largest absolute Gasteiger partial charge is 0.492 e. The molecule has 1 saturated heterocycles. The molecule has 3 aromatic rings. The Labute approximate surface area is 213 Å². The van der Waals surface area contributed by atoms with E-state index in [9.17, 15) is 4.79 Å². The maximum Gasteiger partial charge on any atom is 0.492 e. The SMILES string of the molecule is CC1(C)OB(C(=Cc2cccc(Nc3ccccc3)c2)CNC(=O)OCc2ccccc2)OC1(C)C. The lowest BCUT2D eigenvalue weighted by Crippen LogP contribution is -2.41. The van der Waals surface area contributed by atoms with E-state index >= 15 is 0 Å². The minimum Gasteiger partial charge on any atom is -0.445 e. The molecule has 1 heterocycles. The maximum atomic E-state index is 12.4. The van der Waals surface area contributed by atoms with Crippen LogP contribution in [0.25, 0.3) is 6.08 Å². The monoisotopic (exact) mass is 484 g/mol. The van der Waals surface area contributed by atoms with Crippen molar-refractivity contribution >= 4 is 30.7 Å². The van der Waals surface area contributed by atoms with Gasteiger partial charge < -0.3 is 24.7 Å². The molecule has 1 aliphatic rings. The molecule has 0 unspecified atom stereocenters. The number of para-hydroxylation sites is 1. The lowest BCUT2D eigenvalue weighted by atomic mass is 9.77. The average molecular weight is 484 g/mol. The number of hydrogen-bond donors (Lipinski definition) is 2. The van der Waals surface area contributed by atoms with Crippen molar-refractivity contribution in [2.75, 3.05) is 11.9 Å². The number of carbonyl (C=O) groups excluding carboxylic acids is 1. The molecule has 0 aromatic heterocycles. The van der Waals surface area contributed by atoms with E-state index in [1.54, 1.807) is 0 Å². The van der Waals surface area contributed by atoms with Gasteiger partial charge in [0.15, 0.2) is 0 Å². The first-order chi connectivity index (χ1) is 17.2. The number of rotatable bonds is 8. The highest BCUT2D eigenvalue weighted by Crippen LogP contribution is 2.38. The van der Waals surface area contributed by atoms with E-state index in [0.717, 1.165) is 28.0 Å². The van der Waals surface area contributed by atoms with Crippen molar-refractivity contribution in [1.29, 1.82) is 0 Å². The van der Waals surface area contributed by atoms with Crippen LogP contribution < -0.4 is 10.6 Å². The number of benzene rings is 3. The maximum absolute atomic E-state index is 12.4. The predicted octanol–water partition coefficient (Wildman–Crippen LogP) is 6.37. The number of amides is 1. The zero-order valence-corrected chi connectivity index (χ0v) is 21.3. The highest BCUT2D eigenvalue weighted by atomic mass is 16.7. The fourth-order valence-corrected chi connectivity index (χ4v) is 3.75. The van der Waals surface area contributed by atoms with Gasteiger partial charge in [-0.15, -0.1) is 0 Å². The summed E-state index contributed by atoms with van der Waals surface area (Å²) in [6.45, 7) is 8.47. The highest BCUT2D eigenvalue weighted by Gasteiger charge is 2.52. The number of nitrogens with one attached hydrogen (secondary N) is 2. The van der Waals surface area contributed by atoms with E-state index in [-0.39, 0.29) is 13.2 Å². The van der Waals surface area contributed by atoms with Crippen LogP contribution in [-0.2, 0) is 20.7 Å². The summed E-state index contributed by atoms with van der Waals surface area (Å²) >= 11 is 0. The van der Waals surface area contributed by atoms with Gasteiger partial charge in [-0.3, -0.25) is 0 Å². The van der Waals surface area contributed by atoms with Crippen LogP contribution in [0.2, 0.25) is 0 Å². The summed E-state index contributed by atoms with van der Waals surface area (Å²) in [5.74, 6) is 0. The fourth-order valence-electron chi connectivity index (χ4n) is 3.75. The van der Waals surface area contributed by atoms with Gasteiger partial charge in [0.05, 0.1) is 11.2 Å². The quantitative estimate of drug-likeness (QED) is 0.364. The first-order valence-corrected chi connectivity index (χ1v) is 12.1. The summed E-state index contributed by atoms with van der Waals surface area (Å²) in [5, 5.41) is 6.27. The summed E-state index contributed by atoms with van der Waals surface area (Å²) in [7, 11) is -0.602. The van der Waals surface area contributed by atoms with Crippen LogP contribution in [-0.4, -0.2) is 31.0 Å². The molecule has 0 atom stereocenters. The van der Waals surface area contributed by atoms with E-state index in [0.29, 0.717) is 0 Å². The molecule has 0 bridgehead atoms. The normalized spacial score (nSPS) is 16.4. The van der Waals surface area contributed by atoms with Gasteiger partial charge in [-0.05, 0) is 68.6 Å². The van der Waals surface area contributed by atoms with Crippen molar-refractivity contribution in [3.8, 4) is 0 Å². The summed E-state index contributed by atoms with van der Waals surface area (Å²) in [6, 6.07) is 27.6. The first kappa shape index (κ1) is 25.5. The second-order valence-electron chi connectivity index (χ2n) is 9.84. The molecule has 1 amide bonds. The minimum atomic E-state index is -0.602. The predicted molar refractivity (Wildman–Crippen MR) is 145 cm³/mol. The van der Waals surface area contributed by atoms with E-state index in [1.165, 1.54) is 0 Å². The number of anilines is 2. The van der Waals surface area contributed by atoms with Gasteiger partial charge in [-0.1, -0.05) is 66.7 Å². The van der Waals surface area contributed by atoms with Gasteiger partial charge in [0.25, 0.3) is 0 Å². The highest BCUT2D eigenvalue weighted by molar-refractivity contribution is 6.56. The van der Waals surface area contributed by atoms with Crippen molar-refractivity contribution in [1.82, 2.24) is 5.32 Å². The minimum absolute atomic E-state index is 0.204. The summed E-state index contributed by atoms with van der Waals surface area (Å²) in [6.07, 6.45) is 1.50. The number of carbonyl (C=O) groups is 1. The van der Waals surface area contributed by atoms with Gasteiger partial charge in [0.1, 0.15) is 6.61 Å². The lowest BCUT2D eigenvalue weighted by molar-refractivity contribution is 0.00578. The Morgan fingerprint density at radius 1 is 0.861 bits per heavy atom. The molecular weight excluding hydrogens is 451 g/mol. The number of ether oxygens (including phenoxy) is 1. The van der Waals surface area contributed by atoms with Crippen molar-refractivity contribution in [3.05, 3.63) is 102 Å². The Kier molecular flexibility index (Phi) is 7.82. The molecule has 0 spiro atoms. The second-order valence-corrected chi connectivity index (χ2v) is 9.84. The van der Waals surface area contributed by atoms with Crippen LogP contribution in [0.5, 0.6) is 0 Å². The van der Waals surface area contributed by atoms with Crippen LogP contribution in [0, 0.1) is 0 Å². The molecule has 1 aliphatic heterocycles. The van der Waals surface area contributed by atoms with Crippen LogP contribution >= 0.6 is 0 Å². The van der Waals surface area contributed by atoms with E-state index in [4.69, 9.17) is 14.0 Å². The van der Waals surface area contributed by atoms with E-state index in [2.05, 4.69) is 10.6 Å². The van der Waals surface area contributed by atoms with Crippen molar-refractivity contribution in [2.24, 2.45) is 0 Å². The molecule has 4 rings (SSSR count). The Morgan fingerprint density at radius 2 is 1.47 bits per heavy atom. The van der Waals surface area contributed by atoms with Crippen molar-refractivity contribution in [2.45, 2.75) is 45.5 Å². The number of alkyl carbamates (subject to hydrolysis) is 1. The average Bonchev–Trinajstić information content (AvgIpc) is 3.08. The molecule has 2 N–H and O–H groups in total. The zero-order chi connectivity index (χ0) is 25.6. The first-order valence-electron chi connectivity index (χ1n) is 12.1. The van der Waals surface area contributed by atoms with Crippen LogP contribution in [0.3, 0.4) is 0 Å². The van der Waals surface area contributed by atoms with E-state index < -0.39 is 24.4 Å². The van der Waals surface area contributed by atoms with Gasteiger partial charge in [-0.25, -0.2) is 4.79 Å². The van der Waals surface area contributed by atoms with E-state index in [1.807, 2.05) is 119 Å². The fraction of sp³-hybridized carbons (Fsp3) is 0.276. The Hall–Kier alpha value is -3.55. The third-order valence-corrected chi connectivity index (χ3v) is 6.51. The Balaban J connectivity index is 1.50. The molecule has 3 aromatic carbocycles. The third-order valence-electron chi connectivity index (χ3n) is 6.51.